The van der Waals surface area contributed by atoms with Crippen molar-refractivity contribution in [2.75, 3.05) is 0 Å². The van der Waals surface area contributed by atoms with Crippen molar-refractivity contribution in [2.24, 2.45) is 0 Å². The van der Waals surface area contributed by atoms with Crippen LogP contribution in [0.25, 0.3) is 11.3 Å². The fourth-order valence-corrected chi connectivity index (χ4v) is 4.10. The summed E-state index contributed by atoms with van der Waals surface area (Å²) in [6, 6.07) is 11.2. The third-order valence-corrected chi connectivity index (χ3v) is 7.09. The van der Waals surface area contributed by atoms with Crippen LogP contribution < -0.4 is 4.40 Å². The summed E-state index contributed by atoms with van der Waals surface area (Å²) in [6.45, 7) is -2.05. The van der Waals surface area contributed by atoms with Gasteiger partial charge >= 0.3 is 110 Å². The van der Waals surface area contributed by atoms with Gasteiger partial charge in [0.25, 0.3) is 0 Å². The first-order valence-corrected chi connectivity index (χ1v) is 13.1. The van der Waals surface area contributed by atoms with E-state index in [1.54, 1.807) is 12.1 Å². The van der Waals surface area contributed by atoms with Gasteiger partial charge in [0, 0.05) is 0 Å². The number of rotatable bonds is 2. The molecule has 1 aromatic heterocycles. The average molecular weight is 289 g/mol. The van der Waals surface area contributed by atoms with Crippen molar-refractivity contribution in [3.05, 3.63) is 48.2 Å². The Labute approximate surface area is 110 Å². The Morgan fingerprint density at radius 1 is 1.06 bits per heavy atom. The predicted octanol–water partition coefficient (Wildman–Crippen LogP) is 3.60. The van der Waals surface area contributed by atoms with E-state index in [0.717, 1.165) is 11.3 Å². The molecule has 0 aliphatic heterocycles. The zero-order valence-electron chi connectivity index (χ0n) is 13.5. The van der Waals surface area contributed by atoms with Crippen molar-refractivity contribution in [2.45, 2.75) is 24.1 Å². The molecule has 2 rings (SSSR count). The molecule has 0 saturated heterocycles. The molecule has 0 spiro atoms. The predicted molar refractivity (Wildman–Crippen MR) is 77.4 cm³/mol. The molecule has 17 heavy (non-hydrogen) atoms. The zero-order valence-corrected chi connectivity index (χ0v) is 12.6. The van der Waals surface area contributed by atoms with Crippen molar-refractivity contribution in [1.82, 2.24) is 4.98 Å². The summed E-state index contributed by atoms with van der Waals surface area (Å²) in [5.41, 5.74) is 2.25. The van der Waals surface area contributed by atoms with Gasteiger partial charge < -0.3 is 0 Å². The second-order valence-corrected chi connectivity index (χ2v) is 15.9. The van der Waals surface area contributed by atoms with E-state index in [1.165, 1.54) is 4.40 Å². The fraction of sp³-hybridized carbons (Fsp3) is 0.267. The van der Waals surface area contributed by atoms with Crippen molar-refractivity contribution < 1.29 is 4.11 Å². The first-order valence-electron chi connectivity index (χ1n) is 7.25. The average Bonchev–Trinajstić information content (AvgIpc) is 2.37. The van der Waals surface area contributed by atoms with E-state index in [4.69, 9.17) is 4.11 Å². The van der Waals surface area contributed by atoms with Gasteiger partial charge in [0.15, 0.2) is 0 Å². The van der Waals surface area contributed by atoms with Crippen LogP contribution in [0, 0.1) is 6.85 Å². The van der Waals surface area contributed by atoms with Crippen LogP contribution in [-0.2, 0) is 0 Å². The third-order valence-electron chi connectivity index (χ3n) is 2.81. The van der Waals surface area contributed by atoms with Gasteiger partial charge in [-0.3, -0.25) is 0 Å². The van der Waals surface area contributed by atoms with Crippen LogP contribution in [0.15, 0.2) is 42.6 Å². The summed E-state index contributed by atoms with van der Waals surface area (Å²) in [6.07, 6.45) is 1.85. The van der Waals surface area contributed by atoms with Crippen LogP contribution in [0.4, 0.5) is 0 Å². The quantitative estimate of drug-likeness (QED) is 0.770. The molecule has 0 bridgehead atoms. The minimum atomic E-state index is -2.05. The number of hydrogen-bond acceptors (Lipinski definition) is 1. The molecule has 0 aliphatic carbocycles. The molecule has 0 aliphatic rings. The van der Waals surface area contributed by atoms with E-state index >= 15 is 0 Å². The monoisotopic (exact) mass is 290 g/mol. The molecular formula is C15H19GeN. The van der Waals surface area contributed by atoms with Crippen LogP contribution in [-0.4, -0.2) is 18.3 Å². The number of aryl methyl sites for hydroxylation is 1. The second-order valence-electron chi connectivity index (χ2n) is 5.26. The molecule has 0 radical (unpaired) electrons. The van der Waals surface area contributed by atoms with Gasteiger partial charge in [0.1, 0.15) is 0 Å². The molecule has 0 N–H and O–H groups in total. The Balaban J connectivity index is 2.38. The first kappa shape index (κ1) is 8.92. The van der Waals surface area contributed by atoms with Crippen LogP contribution in [0.1, 0.15) is 9.68 Å². The van der Waals surface area contributed by atoms with E-state index in [-0.39, 0.29) is 0 Å². The maximum atomic E-state index is 7.39. The van der Waals surface area contributed by atoms with Crippen LogP contribution in [0.3, 0.4) is 0 Å². The molecule has 2 heteroatoms. The molecule has 0 saturated carbocycles. The molecule has 0 unspecified atom stereocenters. The number of aromatic nitrogens is 1. The van der Waals surface area contributed by atoms with Gasteiger partial charge in [-0.2, -0.15) is 0 Å². The molecule has 0 atom stereocenters. The Bertz CT molecular complexity index is 598. The molecule has 88 valence electrons. The molecule has 0 amide bonds. The zero-order chi connectivity index (χ0) is 15.0. The van der Waals surface area contributed by atoms with Crippen molar-refractivity contribution in [3.8, 4) is 11.3 Å². The molecular weight excluding hydrogens is 267 g/mol. The molecule has 1 nitrogen and oxygen atoms in total. The van der Waals surface area contributed by atoms with Gasteiger partial charge in [-0.05, 0) is 0 Å². The number of nitrogens with zero attached hydrogens (tertiary/aromatic N) is 1. The first-order chi connectivity index (χ1) is 9.18. The van der Waals surface area contributed by atoms with E-state index in [9.17, 15) is 0 Å². The summed E-state index contributed by atoms with van der Waals surface area (Å²) >= 11 is -1.87. The van der Waals surface area contributed by atoms with Gasteiger partial charge in [-0.1, -0.05) is 0 Å². The molecule has 1 aromatic carbocycles. The molecule has 2 aromatic rings. The van der Waals surface area contributed by atoms with Crippen molar-refractivity contribution in [3.63, 3.8) is 0 Å². The van der Waals surface area contributed by atoms with E-state index in [2.05, 4.69) is 34.4 Å². The van der Waals surface area contributed by atoms with Gasteiger partial charge in [-0.15, -0.1) is 0 Å². The normalized spacial score (nSPS) is 14.9. The second kappa shape index (κ2) is 4.65. The van der Waals surface area contributed by atoms with Crippen molar-refractivity contribution >= 4 is 17.7 Å². The Kier molecular flexibility index (Phi) is 2.44. The maximum absolute atomic E-state index is 7.39. The minimum absolute atomic E-state index is 0.367. The van der Waals surface area contributed by atoms with Gasteiger partial charge in [-0.25, -0.2) is 0 Å². The van der Waals surface area contributed by atoms with E-state index < -0.39 is 20.1 Å². The third kappa shape index (κ3) is 2.97. The fourth-order valence-electron chi connectivity index (χ4n) is 1.70. The Morgan fingerprint density at radius 3 is 2.35 bits per heavy atom. The van der Waals surface area contributed by atoms with Gasteiger partial charge in [0.2, 0.25) is 0 Å². The topological polar surface area (TPSA) is 12.9 Å². The summed E-state index contributed by atoms with van der Waals surface area (Å²) in [5.74, 6) is 7.03. The summed E-state index contributed by atoms with van der Waals surface area (Å²) in [4.78, 5) is 4.40. The molecule has 1 heterocycles. The molecule has 0 fully saturated rings. The van der Waals surface area contributed by atoms with E-state index in [1.807, 2.05) is 18.3 Å². The summed E-state index contributed by atoms with van der Waals surface area (Å²) < 4.78 is 23.6. The Hall–Kier alpha value is -1.09. The summed E-state index contributed by atoms with van der Waals surface area (Å²) in [5, 5.41) is 0. The van der Waals surface area contributed by atoms with Crippen molar-refractivity contribution in [1.29, 1.82) is 0 Å². The number of hydrogen-bond donors (Lipinski definition) is 0. The van der Waals surface area contributed by atoms with Crippen LogP contribution in [0.5, 0.6) is 0 Å². The summed E-state index contributed by atoms with van der Waals surface area (Å²) in [7, 11) is 0. The van der Waals surface area contributed by atoms with Crippen LogP contribution >= 0.6 is 0 Å². The SMILES string of the molecule is [2H]C([2H])([2H])c1ccc(-c2c[c]([Ge]([CH3])([CH3])[CH3])ccn2)cc1. The Morgan fingerprint density at radius 2 is 1.76 bits per heavy atom. The number of pyridine rings is 1. The standard InChI is InChI=1S/C15H19GeN/c1-12-5-7-13(8-6-12)15-11-14(9-10-17-15)16(2,3)4/h5-11H,1-4H3/i1D3. The van der Waals surface area contributed by atoms with Crippen LogP contribution in [0.2, 0.25) is 17.3 Å². The number of benzene rings is 1. The van der Waals surface area contributed by atoms with E-state index in [0.29, 0.717) is 5.56 Å². The van der Waals surface area contributed by atoms with Gasteiger partial charge in [0.05, 0.1) is 0 Å².